The lowest BCUT2D eigenvalue weighted by molar-refractivity contribution is -0.0612. The number of hydrogen-bond donors (Lipinski definition) is 1. The minimum Gasteiger partial charge on any atom is -0.379 e. The van der Waals surface area contributed by atoms with Crippen molar-refractivity contribution >= 4 is 0 Å². The summed E-state index contributed by atoms with van der Waals surface area (Å²) in [6.45, 7) is 9.43. The van der Waals surface area contributed by atoms with Crippen LogP contribution in [0.15, 0.2) is 0 Å². The zero-order valence-corrected chi connectivity index (χ0v) is 8.22. The van der Waals surface area contributed by atoms with Crippen molar-refractivity contribution < 1.29 is 9.47 Å². The Kier molecular flexibility index (Phi) is 3.50. The fourth-order valence-electron chi connectivity index (χ4n) is 1.18. The predicted molar refractivity (Wildman–Crippen MR) is 48.3 cm³/mol. The molecule has 12 heavy (non-hydrogen) atoms. The fraction of sp³-hybridized carbons (Fsp3) is 1.00. The summed E-state index contributed by atoms with van der Waals surface area (Å²) in [5.74, 6) is 0. The van der Waals surface area contributed by atoms with E-state index in [1.54, 1.807) is 0 Å². The predicted octanol–water partition coefficient (Wildman–Crippen LogP) is 0.790. The molecule has 0 aromatic rings. The lowest BCUT2D eigenvalue weighted by Gasteiger charge is -2.35. The molecule has 1 saturated heterocycles. The van der Waals surface area contributed by atoms with Crippen LogP contribution >= 0.6 is 0 Å². The molecule has 0 radical (unpaired) electrons. The summed E-state index contributed by atoms with van der Waals surface area (Å²) in [6.07, 6.45) is 0.234. The van der Waals surface area contributed by atoms with E-state index in [1.807, 2.05) is 6.92 Å². The molecule has 0 spiro atoms. The van der Waals surface area contributed by atoms with E-state index in [1.165, 1.54) is 0 Å². The van der Waals surface area contributed by atoms with Crippen LogP contribution in [0.3, 0.4) is 0 Å². The Balaban J connectivity index is 2.18. The summed E-state index contributed by atoms with van der Waals surface area (Å²) in [6, 6.07) is 0. The van der Waals surface area contributed by atoms with Crippen molar-refractivity contribution in [2.45, 2.75) is 32.4 Å². The molecule has 3 nitrogen and oxygen atoms in total. The monoisotopic (exact) mass is 173 g/mol. The normalized spacial score (nSPS) is 28.8. The van der Waals surface area contributed by atoms with Gasteiger partial charge >= 0.3 is 0 Å². The van der Waals surface area contributed by atoms with Gasteiger partial charge in [0, 0.05) is 18.7 Å². The van der Waals surface area contributed by atoms with Gasteiger partial charge in [-0.25, -0.2) is 0 Å². The minimum absolute atomic E-state index is 0.128. The topological polar surface area (TPSA) is 30.5 Å². The van der Waals surface area contributed by atoms with Crippen LogP contribution in [-0.2, 0) is 9.47 Å². The van der Waals surface area contributed by atoms with E-state index in [0.29, 0.717) is 6.61 Å². The number of nitrogens with one attached hydrogen (secondary N) is 1. The van der Waals surface area contributed by atoms with Crippen LogP contribution in [-0.4, -0.2) is 38.0 Å². The number of morpholine rings is 1. The Morgan fingerprint density at radius 1 is 1.58 bits per heavy atom. The molecule has 0 saturated carbocycles. The molecule has 1 heterocycles. The lowest BCUT2D eigenvalue weighted by atomic mass is 10.1. The smallest absolute Gasteiger partial charge is 0.0933 e. The van der Waals surface area contributed by atoms with Crippen LogP contribution in [0.5, 0.6) is 0 Å². The van der Waals surface area contributed by atoms with Gasteiger partial charge in [-0.3, -0.25) is 0 Å². The third-order valence-corrected chi connectivity index (χ3v) is 2.00. The van der Waals surface area contributed by atoms with E-state index in [9.17, 15) is 0 Å². The highest BCUT2D eigenvalue weighted by molar-refractivity contribution is 4.83. The first-order valence-corrected chi connectivity index (χ1v) is 4.58. The molecule has 0 amide bonds. The molecule has 1 unspecified atom stereocenters. The van der Waals surface area contributed by atoms with Gasteiger partial charge in [0.15, 0.2) is 0 Å². The largest absolute Gasteiger partial charge is 0.379 e. The van der Waals surface area contributed by atoms with Crippen LogP contribution in [0.1, 0.15) is 20.8 Å². The SMILES string of the molecule is CCOCC1CNC(C)(C)CO1. The molecule has 0 aromatic heterocycles. The number of ether oxygens (including phenoxy) is 2. The van der Waals surface area contributed by atoms with Gasteiger partial charge in [-0.1, -0.05) is 0 Å². The molecule has 1 rings (SSSR count). The van der Waals surface area contributed by atoms with Gasteiger partial charge in [-0.2, -0.15) is 0 Å². The van der Waals surface area contributed by atoms with Gasteiger partial charge in [-0.15, -0.1) is 0 Å². The average Bonchev–Trinajstić information content (AvgIpc) is 2.03. The highest BCUT2D eigenvalue weighted by Crippen LogP contribution is 2.10. The van der Waals surface area contributed by atoms with Gasteiger partial charge in [0.05, 0.1) is 19.3 Å². The Morgan fingerprint density at radius 2 is 2.33 bits per heavy atom. The van der Waals surface area contributed by atoms with Crippen molar-refractivity contribution in [1.29, 1.82) is 0 Å². The average molecular weight is 173 g/mol. The summed E-state index contributed by atoms with van der Waals surface area (Å²) in [5.41, 5.74) is 0.128. The van der Waals surface area contributed by atoms with Crippen molar-refractivity contribution in [2.75, 3.05) is 26.4 Å². The summed E-state index contributed by atoms with van der Waals surface area (Å²) in [4.78, 5) is 0. The maximum atomic E-state index is 5.61. The van der Waals surface area contributed by atoms with E-state index >= 15 is 0 Å². The molecule has 1 aliphatic heterocycles. The number of rotatable bonds is 3. The van der Waals surface area contributed by atoms with Crippen LogP contribution in [0.4, 0.5) is 0 Å². The molecule has 72 valence electrons. The van der Waals surface area contributed by atoms with Gasteiger partial charge in [0.2, 0.25) is 0 Å². The second-order valence-corrected chi connectivity index (χ2v) is 3.86. The second-order valence-electron chi connectivity index (χ2n) is 3.86. The molecule has 1 N–H and O–H groups in total. The fourth-order valence-corrected chi connectivity index (χ4v) is 1.18. The van der Waals surface area contributed by atoms with Gasteiger partial charge in [-0.05, 0) is 20.8 Å². The summed E-state index contributed by atoms with van der Waals surface area (Å²) < 4.78 is 10.9. The molecule has 1 aliphatic rings. The molecular formula is C9H19NO2. The summed E-state index contributed by atoms with van der Waals surface area (Å²) in [5, 5.41) is 3.41. The van der Waals surface area contributed by atoms with Crippen LogP contribution < -0.4 is 5.32 Å². The van der Waals surface area contributed by atoms with Gasteiger partial charge in [0.1, 0.15) is 0 Å². The van der Waals surface area contributed by atoms with Crippen LogP contribution in [0, 0.1) is 0 Å². The molecule has 0 bridgehead atoms. The van der Waals surface area contributed by atoms with E-state index in [2.05, 4.69) is 19.2 Å². The third kappa shape index (κ3) is 3.09. The van der Waals surface area contributed by atoms with Crippen LogP contribution in [0.25, 0.3) is 0 Å². The molecule has 0 aliphatic carbocycles. The first kappa shape index (κ1) is 9.96. The molecule has 0 aromatic carbocycles. The molecule has 1 atom stereocenters. The standard InChI is InChI=1S/C9H19NO2/c1-4-11-6-8-5-10-9(2,3)7-12-8/h8,10H,4-7H2,1-3H3. The maximum Gasteiger partial charge on any atom is 0.0933 e. The summed E-state index contributed by atoms with van der Waals surface area (Å²) >= 11 is 0. The van der Waals surface area contributed by atoms with E-state index in [-0.39, 0.29) is 11.6 Å². The van der Waals surface area contributed by atoms with Crippen molar-refractivity contribution in [1.82, 2.24) is 5.32 Å². The van der Waals surface area contributed by atoms with E-state index in [4.69, 9.17) is 9.47 Å². The first-order valence-electron chi connectivity index (χ1n) is 4.58. The molecule has 3 heteroatoms. The Bertz CT molecular complexity index is 126. The van der Waals surface area contributed by atoms with Crippen molar-refractivity contribution in [3.63, 3.8) is 0 Å². The first-order chi connectivity index (χ1) is 5.64. The maximum absolute atomic E-state index is 5.61. The Labute approximate surface area is 74.4 Å². The quantitative estimate of drug-likeness (QED) is 0.684. The Morgan fingerprint density at radius 3 is 2.83 bits per heavy atom. The van der Waals surface area contributed by atoms with E-state index in [0.717, 1.165) is 19.8 Å². The highest BCUT2D eigenvalue weighted by atomic mass is 16.5. The third-order valence-electron chi connectivity index (χ3n) is 2.00. The zero-order valence-electron chi connectivity index (χ0n) is 8.22. The van der Waals surface area contributed by atoms with Crippen LogP contribution in [0.2, 0.25) is 0 Å². The van der Waals surface area contributed by atoms with Gasteiger partial charge < -0.3 is 14.8 Å². The van der Waals surface area contributed by atoms with Crippen molar-refractivity contribution in [3.05, 3.63) is 0 Å². The van der Waals surface area contributed by atoms with Crippen molar-refractivity contribution in [3.8, 4) is 0 Å². The van der Waals surface area contributed by atoms with Gasteiger partial charge in [0.25, 0.3) is 0 Å². The zero-order chi connectivity index (χ0) is 9.03. The Hall–Kier alpha value is -0.120. The highest BCUT2D eigenvalue weighted by Gasteiger charge is 2.26. The minimum atomic E-state index is 0.128. The second kappa shape index (κ2) is 4.21. The molecule has 1 fully saturated rings. The van der Waals surface area contributed by atoms with E-state index < -0.39 is 0 Å². The molecular weight excluding hydrogens is 154 g/mol. The van der Waals surface area contributed by atoms with Crippen molar-refractivity contribution in [2.24, 2.45) is 0 Å². The summed E-state index contributed by atoms with van der Waals surface area (Å²) in [7, 11) is 0. The lowest BCUT2D eigenvalue weighted by Crippen LogP contribution is -2.54. The number of hydrogen-bond acceptors (Lipinski definition) is 3.